The van der Waals surface area contributed by atoms with Crippen LogP contribution in [0.4, 0.5) is 5.82 Å². The summed E-state index contributed by atoms with van der Waals surface area (Å²) in [5.74, 6) is 2.25. The van der Waals surface area contributed by atoms with E-state index in [0.29, 0.717) is 17.8 Å². The zero-order valence-corrected chi connectivity index (χ0v) is 11.3. The van der Waals surface area contributed by atoms with E-state index in [1.165, 1.54) is 6.42 Å². The number of pyridine rings is 1. The molecule has 1 atom stereocenters. The highest BCUT2D eigenvalue weighted by atomic mass is 35.5. The smallest absolute Gasteiger partial charge is 0.128 e. The number of anilines is 1. The third kappa shape index (κ3) is 3.67. The van der Waals surface area contributed by atoms with E-state index in [1.807, 2.05) is 18.3 Å². The zero-order chi connectivity index (χ0) is 12.1. The van der Waals surface area contributed by atoms with E-state index in [1.54, 1.807) is 0 Å². The van der Waals surface area contributed by atoms with Crippen molar-refractivity contribution in [2.24, 2.45) is 5.92 Å². The standard InChI is InChI=1S/C13H21ClN2/c1-10(2)7-11(3)16(4)13-6-5-12(8-14)9-15-13/h5-6,9-11H,7-8H2,1-4H3. The van der Waals surface area contributed by atoms with Crippen LogP contribution in [-0.2, 0) is 5.88 Å². The molecule has 0 aromatic carbocycles. The normalized spacial score (nSPS) is 12.9. The van der Waals surface area contributed by atoms with Gasteiger partial charge in [-0.15, -0.1) is 11.6 Å². The van der Waals surface area contributed by atoms with E-state index in [4.69, 9.17) is 11.6 Å². The maximum absolute atomic E-state index is 5.74. The Kier molecular flexibility index (Phi) is 5.07. The van der Waals surface area contributed by atoms with E-state index >= 15 is 0 Å². The van der Waals surface area contributed by atoms with Crippen LogP contribution in [0.3, 0.4) is 0 Å². The number of rotatable bonds is 5. The number of alkyl halides is 1. The summed E-state index contributed by atoms with van der Waals surface area (Å²) in [6, 6.07) is 4.58. The second-order valence-electron chi connectivity index (χ2n) is 4.75. The minimum absolute atomic E-state index is 0.509. The highest BCUT2D eigenvalue weighted by Gasteiger charge is 2.12. The summed E-state index contributed by atoms with van der Waals surface area (Å²) in [5, 5.41) is 0. The molecule has 0 spiro atoms. The summed E-state index contributed by atoms with van der Waals surface area (Å²) >= 11 is 5.74. The Hall–Kier alpha value is -0.760. The quantitative estimate of drug-likeness (QED) is 0.730. The third-order valence-electron chi connectivity index (χ3n) is 2.80. The van der Waals surface area contributed by atoms with Gasteiger partial charge in [0, 0.05) is 25.2 Å². The molecule has 0 bridgehead atoms. The predicted molar refractivity (Wildman–Crippen MR) is 71.1 cm³/mol. The average Bonchev–Trinajstić information content (AvgIpc) is 2.27. The molecule has 0 amide bonds. The van der Waals surface area contributed by atoms with Crippen molar-refractivity contribution in [3.8, 4) is 0 Å². The molecule has 0 fully saturated rings. The number of aromatic nitrogens is 1. The van der Waals surface area contributed by atoms with Gasteiger partial charge in [-0.3, -0.25) is 0 Å². The second-order valence-corrected chi connectivity index (χ2v) is 5.02. The van der Waals surface area contributed by atoms with Gasteiger partial charge in [-0.25, -0.2) is 4.98 Å². The summed E-state index contributed by atoms with van der Waals surface area (Å²) in [6.07, 6.45) is 3.02. The molecule has 1 rings (SSSR count). The molecule has 1 aromatic rings. The van der Waals surface area contributed by atoms with E-state index in [-0.39, 0.29) is 0 Å². The van der Waals surface area contributed by atoms with Crippen molar-refractivity contribution >= 4 is 17.4 Å². The lowest BCUT2D eigenvalue weighted by atomic mass is 10.0. The first-order valence-corrected chi connectivity index (χ1v) is 6.31. The van der Waals surface area contributed by atoms with Gasteiger partial charge in [0.15, 0.2) is 0 Å². The second kappa shape index (κ2) is 6.09. The van der Waals surface area contributed by atoms with Crippen molar-refractivity contribution in [1.82, 2.24) is 4.98 Å². The predicted octanol–water partition coefficient (Wildman–Crippen LogP) is 3.69. The summed E-state index contributed by atoms with van der Waals surface area (Å²) in [5.41, 5.74) is 1.07. The lowest BCUT2D eigenvalue weighted by molar-refractivity contribution is 0.502. The first kappa shape index (κ1) is 13.3. The Labute approximate surface area is 104 Å². The Morgan fingerprint density at radius 3 is 2.44 bits per heavy atom. The molecule has 0 aliphatic heterocycles. The topological polar surface area (TPSA) is 16.1 Å². The van der Waals surface area contributed by atoms with Crippen LogP contribution < -0.4 is 4.90 Å². The van der Waals surface area contributed by atoms with Crippen LogP contribution in [0.15, 0.2) is 18.3 Å². The van der Waals surface area contributed by atoms with Crippen LogP contribution in [0.25, 0.3) is 0 Å². The highest BCUT2D eigenvalue weighted by Crippen LogP contribution is 2.17. The molecule has 16 heavy (non-hydrogen) atoms. The van der Waals surface area contributed by atoms with Crippen molar-refractivity contribution in [3.05, 3.63) is 23.9 Å². The maximum atomic E-state index is 5.74. The van der Waals surface area contributed by atoms with Crippen molar-refractivity contribution < 1.29 is 0 Å². The minimum atomic E-state index is 0.509. The molecule has 1 unspecified atom stereocenters. The van der Waals surface area contributed by atoms with Crippen LogP contribution in [-0.4, -0.2) is 18.1 Å². The van der Waals surface area contributed by atoms with E-state index < -0.39 is 0 Å². The lowest BCUT2D eigenvalue weighted by Crippen LogP contribution is -2.30. The van der Waals surface area contributed by atoms with Crippen molar-refractivity contribution in [3.63, 3.8) is 0 Å². The number of hydrogen-bond acceptors (Lipinski definition) is 2. The Bertz CT molecular complexity index is 308. The molecule has 2 nitrogen and oxygen atoms in total. The molecule has 3 heteroatoms. The Morgan fingerprint density at radius 1 is 1.31 bits per heavy atom. The van der Waals surface area contributed by atoms with Gasteiger partial charge in [0.25, 0.3) is 0 Å². The van der Waals surface area contributed by atoms with Gasteiger partial charge in [-0.05, 0) is 30.9 Å². The van der Waals surface area contributed by atoms with Crippen LogP contribution in [0, 0.1) is 5.92 Å². The van der Waals surface area contributed by atoms with Gasteiger partial charge in [-0.1, -0.05) is 19.9 Å². The van der Waals surface area contributed by atoms with Crippen molar-refractivity contribution in [2.45, 2.75) is 39.1 Å². The van der Waals surface area contributed by atoms with Crippen LogP contribution in [0.2, 0.25) is 0 Å². The molecule has 0 aliphatic carbocycles. The first-order valence-electron chi connectivity index (χ1n) is 5.78. The number of nitrogens with zero attached hydrogens (tertiary/aromatic N) is 2. The third-order valence-corrected chi connectivity index (χ3v) is 3.11. The molecule has 0 saturated heterocycles. The fourth-order valence-electron chi connectivity index (χ4n) is 1.77. The summed E-state index contributed by atoms with van der Waals surface area (Å²) in [6.45, 7) is 6.72. The van der Waals surface area contributed by atoms with Gasteiger partial charge in [0.1, 0.15) is 5.82 Å². The number of halogens is 1. The molecule has 1 heterocycles. The molecule has 0 radical (unpaired) electrons. The molecule has 90 valence electrons. The molecule has 0 N–H and O–H groups in total. The van der Waals surface area contributed by atoms with E-state index in [0.717, 1.165) is 11.4 Å². The molecule has 0 saturated carbocycles. The zero-order valence-electron chi connectivity index (χ0n) is 10.6. The van der Waals surface area contributed by atoms with Gasteiger partial charge in [0.2, 0.25) is 0 Å². The Morgan fingerprint density at radius 2 is 2.00 bits per heavy atom. The van der Waals surface area contributed by atoms with Gasteiger partial charge in [-0.2, -0.15) is 0 Å². The fourth-order valence-corrected chi connectivity index (χ4v) is 1.93. The van der Waals surface area contributed by atoms with Crippen molar-refractivity contribution in [2.75, 3.05) is 11.9 Å². The van der Waals surface area contributed by atoms with E-state index in [2.05, 4.69) is 37.7 Å². The van der Waals surface area contributed by atoms with Gasteiger partial charge >= 0.3 is 0 Å². The molecular weight excluding hydrogens is 220 g/mol. The lowest BCUT2D eigenvalue weighted by Gasteiger charge is -2.27. The molecular formula is C13H21ClN2. The first-order chi connectivity index (χ1) is 7.54. The summed E-state index contributed by atoms with van der Waals surface area (Å²) in [7, 11) is 2.09. The Balaban J connectivity index is 2.67. The monoisotopic (exact) mass is 240 g/mol. The summed E-state index contributed by atoms with van der Waals surface area (Å²) in [4.78, 5) is 6.64. The maximum Gasteiger partial charge on any atom is 0.128 e. The molecule has 0 aliphatic rings. The average molecular weight is 241 g/mol. The molecule has 1 aromatic heterocycles. The van der Waals surface area contributed by atoms with Gasteiger partial charge in [0.05, 0.1) is 0 Å². The summed E-state index contributed by atoms with van der Waals surface area (Å²) < 4.78 is 0. The van der Waals surface area contributed by atoms with Crippen LogP contribution >= 0.6 is 11.6 Å². The van der Waals surface area contributed by atoms with Crippen molar-refractivity contribution in [1.29, 1.82) is 0 Å². The SMILES string of the molecule is CC(C)CC(C)N(C)c1ccc(CCl)cn1. The van der Waals surface area contributed by atoms with Crippen LogP contribution in [0.1, 0.15) is 32.8 Å². The van der Waals surface area contributed by atoms with Gasteiger partial charge < -0.3 is 4.90 Å². The minimum Gasteiger partial charge on any atom is -0.357 e. The number of hydrogen-bond donors (Lipinski definition) is 0. The van der Waals surface area contributed by atoms with E-state index in [9.17, 15) is 0 Å². The highest BCUT2D eigenvalue weighted by molar-refractivity contribution is 6.17. The van der Waals surface area contributed by atoms with Crippen LogP contribution in [0.5, 0.6) is 0 Å². The fraction of sp³-hybridized carbons (Fsp3) is 0.615. The largest absolute Gasteiger partial charge is 0.357 e.